The molecule has 1 aromatic carbocycles. The molecular weight excluding hydrogens is 239 g/mol. The van der Waals surface area contributed by atoms with Crippen LogP contribution < -0.4 is 5.32 Å². The van der Waals surface area contributed by atoms with Crippen molar-refractivity contribution >= 4 is 11.6 Å². The van der Waals surface area contributed by atoms with E-state index in [1.54, 1.807) is 0 Å². The minimum absolute atomic E-state index is 0.0479. The Morgan fingerprint density at radius 3 is 2.65 bits per heavy atom. The first kappa shape index (κ1) is 13.5. The van der Waals surface area contributed by atoms with E-state index in [1.807, 2.05) is 5.32 Å². The molecule has 1 rings (SSSR count). The summed E-state index contributed by atoms with van der Waals surface area (Å²) in [5.74, 6) is -5.19. The van der Waals surface area contributed by atoms with E-state index in [1.165, 1.54) is 0 Å². The summed E-state index contributed by atoms with van der Waals surface area (Å²) in [4.78, 5) is 11.1. The number of aliphatic hydroxyl groups is 1. The standard InChI is InChI=1S/C10H10F3NO3/c11-6-1-2-7(10(13)9(6)12)14-8(16)5-17-4-3-15/h1-2,15H,3-5H2,(H,14,16). The molecule has 1 amide bonds. The summed E-state index contributed by atoms with van der Waals surface area (Å²) < 4.78 is 43.1. The number of benzene rings is 1. The zero-order chi connectivity index (χ0) is 12.8. The van der Waals surface area contributed by atoms with Gasteiger partial charge in [0.15, 0.2) is 17.5 Å². The van der Waals surface area contributed by atoms with Crippen LogP contribution in [0.5, 0.6) is 0 Å². The highest BCUT2D eigenvalue weighted by Gasteiger charge is 2.14. The molecule has 0 fully saturated rings. The summed E-state index contributed by atoms with van der Waals surface area (Å²) in [7, 11) is 0. The van der Waals surface area contributed by atoms with Crippen molar-refractivity contribution in [2.45, 2.75) is 0 Å². The summed E-state index contributed by atoms with van der Waals surface area (Å²) in [6.45, 7) is -0.723. The topological polar surface area (TPSA) is 58.6 Å². The van der Waals surface area contributed by atoms with E-state index in [-0.39, 0.29) is 13.2 Å². The Morgan fingerprint density at radius 2 is 2.00 bits per heavy atom. The molecule has 7 heteroatoms. The van der Waals surface area contributed by atoms with E-state index in [0.29, 0.717) is 6.07 Å². The van der Waals surface area contributed by atoms with Crippen LogP contribution in [0.3, 0.4) is 0 Å². The second-order valence-corrected chi connectivity index (χ2v) is 3.05. The molecule has 0 heterocycles. The maximum Gasteiger partial charge on any atom is 0.250 e. The first-order chi connectivity index (χ1) is 8.06. The molecule has 0 spiro atoms. The fraction of sp³-hybridized carbons (Fsp3) is 0.300. The Morgan fingerprint density at radius 1 is 1.29 bits per heavy atom. The van der Waals surface area contributed by atoms with Gasteiger partial charge >= 0.3 is 0 Å². The molecular formula is C10H10F3NO3. The molecule has 0 saturated heterocycles. The summed E-state index contributed by atoms with van der Waals surface area (Å²) in [6, 6.07) is 1.60. The zero-order valence-corrected chi connectivity index (χ0v) is 8.67. The lowest BCUT2D eigenvalue weighted by molar-refractivity contribution is -0.120. The predicted molar refractivity (Wildman–Crippen MR) is 52.9 cm³/mol. The van der Waals surface area contributed by atoms with E-state index in [4.69, 9.17) is 5.11 Å². The van der Waals surface area contributed by atoms with Crippen molar-refractivity contribution in [3.8, 4) is 0 Å². The van der Waals surface area contributed by atoms with Gasteiger partial charge in [-0.15, -0.1) is 0 Å². The summed E-state index contributed by atoms with van der Waals surface area (Å²) in [5.41, 5.74) is -0.471. The van der Waals surface area contributed by atoms with Gasteiger partial charge in [-0.2, -0.15) is 0 Å². The van der Waals surface area contributed by atoms with Gasteiger partial charge in [-0.1, -0.05) is 0 Å². The lowest BCUT2D eigenvalue weighted by atomic mass is 10.3. The molecule has 0 radical (unpaired) electrons. The molecule has 0 unspecified atom stereocenters. The van der Waals surface area contributed by atoms with Gasteiger partial charge in [0.1, 0.15) is 6.61 Å². The summed E-state index contributed by atoms with van der Waals surface area (Å²) in [6.07, 6.45) is 0. The molecule has 0 atom stereocenters. The van der Waals surface area contributed by atoms with Gasteiger partial charge in [-0.3, -0.25) is 4.79 Å². The number of amides is 1. The number of rotatable bonds is 5. The van der Waals surface area contributed by atoms with Crippen molar-refractivity contribution in [2.24, 2.45) is 0 Å². The number of anilines is 1. The van der Waals surface area contributed by atoms with Crippen LogP contribution in [-0.4, -0.2) is 30.8 Å². The number of halogens is 3. The van der Waals surface area contributed by atoms with Gasteiger partial charge < -0.3 is 15.2 Å². The fourth-order valence-corrected chi connectivity index (χ4v) is 1.04. The monoisotopic (exact) mass is 249 g/mol. The Balaban J connectivity index is 2.63. The lowest BCUT2D eigenvalue weighted by Crippen LogP contribution is -2.20. The first-order valence-corrected chi connectivity index (χ1v) is 4.68. The average molecular weight is 249 g/mol. The van der Waals surface area contributed by atoms with Crippen LogP contribution in [0, 0.1) is 17.5 Å². The number of carbonyl (C=O) groups is 1. The molecule has 0 aromatic heterocycles. The highest BCUT2D eigenvalue weighted by molar-refractivity contribution is 5.91. The van der Waals surface area contributed by atoms with Gasteiger partial charge in [-0.05, 0) is 12.1 Å². The van der Waals surface area contributed by atoms with Gasteiger partial charge in [0.2, 0.25) is 5.91 Å². The number of carbonyl (C=O) groups excluding carboxylic acids is 1. The molecule has 0 saturated carbocycles. The van der Waals surface area contributed by atoms with E-state index < -0.39 is 35.7 Å². The largest absolute Gasteiger partial charge is 0.394 e. The Kier molecular flexibility index (Phi) is 4.92. The highest BCUT2D eigenvalue weighted by atomic mass is 19.2. The maximum atomic E-state index is 13.1. The maximum absolute atomic E-state index is 13.1. The number of ether oxygens (including phenoxy) is 1. The van der Waals surface area contributed by atoms with Gasteiger partial charge in [0.25, 0.3) is 0 Å². The van der Waals surface area contributed by atoms with E-state index in [0.717, 1.165) is 6.07 Å². The van der Waals surface area contributed by atoms with Crippen molar-refractivity contribution < 1.29 is 27.8 Å². The molecule has 0 bridgehead atoms. The lowest BCUT2D eigenvalue weighted by Gasteiger charge is -2.07. The van der Waals surface area contributed by atoms with Crippen LogP contribution in [0.2, 0.25) is 0 Å². The minimum atomic E-state index is -1.65. The Labute approximate surface area is 95.0 Å². The van der Waals surface area contributed by atoms with Gasteiger partial charge in [0.05, 0.1) is 18.9 Å². The second kappa shape index (κ2) is 6.21. The van der Waals surface area contributed by atoms with Crippen LogP contribution >= 0.6 is 0 Å². The third-order valence-corrected chi connectivity index (χ3v) is 1.78. The fourth-order valence-electron chi connectivity index (χ4n) is 1.04. The zero-order valence-electron chi connectivity index (χ0n) is 8.67. The number of hydrogen-bond donors (Lipinski definition) is 2. The second-order valence-electron chi connectivity index (χ2n) is 3.05. The summed E-state index contributed by atoms with van der Waals surface area (Å²) >= 11 is 0. The van der Waals surface area contributed by atoms with Crippen molar-refractivity contribution in [1.29, 1.82) is 0 Å². The average Bonchev–Trinajstić information content (AvgIpc) is 2.30. The third-order valence-electron chi connectivity index (χ3n) is 1.78. The molecule has 0 aliphatic heterocycles. The third kappa shape index (κ3) is 3.72. The van der Waals surface area contributed by atoms with E-state index >= 15 is 0 Å². The van der Waals surface area contributed by atoms with Crippen molar-refractivity contribution in [3.63, 3.8) is 0 Å². The van der Waals surface area contributed by atoms with Gasteiger partial charge in [-0.25, -0.2) is 13.2 Å². The smallest absolute Gasteiger partial charge is 0.250 e. The molecule has 0 aliphatic rings. The van der Waals surface area contributed by atoms with Crippen LogP contribution in [0.4, 0.5) is 18.9 Å². The predicted octanol–water partition coefficient (Wildman–Crippen LogP) is 1.05. The number of hydrogen-bond acceptors (Lipinski definition) is 3. The molecule has 4 nitrogen and oxygen atoms in total. The molecule has 17 heavy (non-hydrogen) atoms. The first-order valence-electron chi connectivity index (χ1n) is 4.68. The molecule has 2 N–H and O–H groups in total. The number of nitrogens with one attached hydrogen (secondary N) is 1. The number of aliphatic hydroxyl groups excluding tert-OH is 1. The highest BCUT2D eigenvalue weighted by Crippen LogP contribution is 2.19. The SMILES string of the molecule is O=C(COCCO)Nc1ccc(F)c(F)c1F. The van der Waals surface area contributed by atoms with Crippen LogP contribution in [-0.2, 0) is 9.53 Å². The normalized spacial score (nSPS) is 10.4. The van der Waals surface area contributed by atoms with Crippen molar-refractivity contribution in [2.75, 3.05) is 25.1 Å². The van der Waals surface area contributed by atoms with Crippen LogP contribution in [0.1, 0.15) is 0 Å². The quantitative estimate of drug-likeness (QED) is 0.605. The van der Waals surface area contributed by atoms with Gasteiger partial charge in [0, 0.05) is 0 Å². The molecule has 1 aromatic rings. The summed E-state index contributed by atoms with van der Waals surface area (Å²) in [5, 5.41) is 10.4. The molecule has 0 aliphatic carbocycles. The van der Waals surface area contributed by atoms with E-state index in [2.05, 4.69) is 4.74 Å². The van der Waals surface area contributed by atoms with Crippen molar-refractivity contribution in [3.05, 3.63) is 29.6 Å². The molecule has 94 valence electrons. The Bertz CT molecular complexity index is 412. The van der Waals surface area contributed by atoms with Crippen molar-refractivity contribution in [1.82, 2.24) is 0 Å². The van der Waals surface area contributed by atoms with Crippen LogP contribution in [0.15, 0.2) is 12.1 Å². The van der Waals surface area contributed by atoms with Crippen LogP contribution in [0.25, 0.3) is 0 Å². The minimum Gasteiger partial charge on any atom is -0.394 e. The Hall–Kier alpha value is -1.60. The van der Waals surface area contributed by atoms with E-state index in [9.17, 15) is 18.0 Å².